The molecule has 0 radical (unpaired) electrons. The first-order chi connectivity index (χ1) is 14.5. The summed E-state index contributed by atoms with van der Waals surface area (Å²) in [5.74, 6) is 0. The van der Waals surface area contributed by atoms with Crippen LogP contribution >= 0.6 is 11.3 Å². The van der Waals surface area contributed by atoms with Gasteiger partial charge >= 0.3 is 6.18 Å². The Bertz CT molecular complexity index is 1080. The Hall–Kier alpha value is -3.45. The van der Waals surface area contributed by atoms with Crippen molar-refractivity contribution >= 4 is 22.7 Å². The van der Waals surface area contributed by atoms with E-state index in [2.05, 4.69) is 15.5 Å². The zero-order valence-electron chi connectivity index (χ0n) is 15.6. The smallest absolute Gasteiger partial charge is 0.253 e. The molecule has 0 saturated heterocycles. The number of nitrogens with one attached hydrogen (secondary N) is 1. The van der Waals surface area contributed by atoms with Gasteiger partial charge in [-0.15, -0.1) is 0 Å². The highest BCUT2D eigenvalue weighted by Gasteiger charge is 2.29. The lowest BCUT2D eigenvalue weighted by Crippen LogP contribution is -2.04. The molecule has 1 aromatic heterocycles. The van der Waals surface area contributed by atoms with E-state index < -0.39 is 11.7 Å². The van der Waals surface area contributed by atoms with Crippen molar-refractivity contribution in [1.82, 2.24) is 4.98 Å². The third-order valence-corrected chi connectivity index (χ3v) is 5.33. The maximum absolute atomic E-state index is 12.7. The van der Waals surface area contributed by atoms with Crippen molar-refractivity contribution in [3.63, 3.8) is 0 Å². The molecule has 0 aliphatic heterocycles. The normalized spacial score (nSPS) is 11.7. The molecule has 0 amide bonds. The summed E-state index contributed by atoms with van der Waals surface area (Å²) in [6.07, 6.45) is -2.89. The Morgan fingerprint density at radius 3 is 2.00 bits per heavy atom. The van der Waals surface area contributed by atoms with Crippen molar-refractivity contribution in [3.8, 4) is 21.7 Å². The Balaban J connectivity index is 1.58. The van der Waals surface area contributed by atoms with Crippen molar-refractivity contribution in [2.75, 3.05) is 5.43 Å². The maximum atomic E-state index is 12.7. The SMILES string of the molecule is FC(F)(F)c1ccc(/C=N\Nc2nc(-c3ccccc3)c(-c3ccccc3)s2)cc1. The van der Waals surface area contributed by atoms with Gasteiger partial charge in [0.2, 0.25) is 5.13 Å². The van der Waals surface area contributed by atoms with E-state index in [-0.39, 0.29) is 0 Å². The van der Waals surface area contributed by atoms with Crippen molar-refractivity contribution in [3.05, 3.63) is 96.1 Å². The molecule has 1 N–H and O–H groups in total. The molecule has 0 fully saturated rings. The number of hydrazone groups is 1. The van der Waals surface area contributed by atoms with Gasteiger partial charge in [0.25, 0.3) is 0 Å². The highest BCUT2D eigenvalue weighted by molar-refractivity contribution is 7.19. The average Bonchev–Trinajstić information content (AvgIpc) is 3.19. The summed E-state index contributed by atoms with van der Waals surface area (Å²) < 4.78 is 38.0. The van der Waals surface area contributed by atoms with Gasteiger partial charge < -0.3 is 0 Å². The molecule has 0 aliphatic carbocycles. The van der Waals surface area contributed by atoms with Crippen LogP contribution in [-0.2, 0) is 6.18 Å². The average molecular weight is 423 g/mol. The summed E-state index contributed by atoms with van der Waals surface area (Å²) >= 11 is 1.46. The molecule has 3 aromatic carbocycles. The summed E-state index contributed by atoms with van der Waals surface area (Å²) in [5.41, 5.74) is 5.65. The zero-order valence-corrected chi connectivity index (χ0v) is 16.4. The van der Waals surface area contributed by atoms with Crippen LogP contribution in [0, 0.1) is 0 Å². The number of nitrogens with zero attached hydrogens (tertiary/aromatic N) is 2. The van der Waals surface area contributed by atoms with Gasteiger partial charge in [0.05, 0.1) is 22.3 Å². The summed E-state index contributed by atoms with van der Waals surface area (Å²) in [6.45, 7) is 0. The second-order valence-corrected chi connectivity index (χ2v) is 7.42. The first kappa shape index (κ1) is 19.8. The molecule has 0 bridgehead atoms. The number of rotatable bonds is 5. The minimum absolute atomic E-state index is 0.554. The van der Waals surface area contributed by atoms with Crippen molar-refractivity contribution in [2.45, 2.75) is 6.18 Å². The van der Waals surface area contributed by atoms with Crippen LogP contribution < -0.4 is 5.43 Å². The van der Waals surface area contributed by atoms with Gasteiger partial charge in [-0.2, -0.15) is 18.3 Å². The molecule has 4 aromatic rings. The van der Waals surface area contributed by atoms with Crippen molar-refractivity contribution < 1.29 is 13.2 Å². The van der Waals surface area contributed by atoms with E-state index >= 15 is 0 Å². The highest BCUT2D eigenvalue weighted by atomic mass is 32.1. The third kappa shape index (κ3) is 4.58. The van der Waals surface area contributed by atoms with E-state index in [1.165, 1.54) is 29.7 Å². The number of anilines is 1. The van der Waals surface area contributed by atoms with E-state index in [1.54, 1.807) is 0 Å². The van der Waals surface area contributed by atoms with Crippen molar-refractivity contribution in [1.29, 1.82) is 0 Å². The van der Waals surface area contributed by atoms with Gasteiger partial charge in [0, 0.05) is 5.56 Å². The van der Waals surface area contributed by atoms with E-state index in [1.807, 2.05) is 60.7 Å². The fourth-order valence-electron chi connectivity index (χ4n) is 2.87. The van der Waals surface area contributed by atoms with Crippen LogP contribution in [0.25, 0.3) is 21.7 Å². The summed E-state index contributed by atoms with van der Waals surface area (Å²) in [6, 6.07) is 24.6. The monoisotopic (exact) mass is 423 g/mol. The van der Waals surface area contributed by atoms with Crippen LogP contribution in [0.2, 0.25) is 0 Å². The Kier molecular flexibility index (Phi) is 5.63. The molecular weight excluding hydrogens is 407 g/mol. The highest BCUT2D eigenvalue weighted by Crippen LogP contribution is 2.38. The molecule has 150 valence electrons. The Labute approximate surface area is 175 Å². The standard InChI is InChI=1S/C23H16F3N3S/c24-23(25,26)19-13-11-16(12-14-19)15-27-29-22-28-20(17-7-3-1-4-8-17)21(30-22)18-9-5-2-6-10-18/h1-15H,(H,28,29)/b27-15-. The Morgan fingerprint density at radius 1 is 0.800 bits per heavy atom. The molecule has 3 nitrogen and oxygen atoms in total. The lowest BCUT2D eigenvalue weighted by molar-refractivity contribution is -0.137. The topological polar surface area (TPSA) is 37.3 Å². The second-order valence-electron chi connectivity index (χ2n) is 6.42. The number of halogens is 3. The van der Waals surface area contributed by atoms with Gasteiger partial charge in [-0.1, -0.05) is 84.1 Å². The first-order valence-corrected chi connectivity index (χ1v) is 9.90. The molecule has 0 saturated carbocycles. The molecule has 4 rings (SSSR count). The van der Waals surface area contributed by atoms with Gasteiger partial charge in [0.1, 0.15) is 0 Å². The maximum Gasteiger partial charge on any atom is 0.416 e. The van der Waals surface area contributed by atoms with E-state index in [4.69, 9.17) is 0 Å². The van der Waals surface area contributed by atoms with Crippen LogP contribution in [-0.4, -0.2) is 11.2 Å². The zero-order chi connectivity index (χ0) is 21.0. The first-order valence-electron chi connectivity index (χ1n) is 9.09. The van der Waals surface area contributed by atoms with Gasteiger partial charge in [-0.3, -0.25) is 5.43 Å². The quantitative estimate of drug-likeness (QED) is 0.279. The van der Waals surface area contributed by atoms with E-state index in [0.717, 1.165) is 33.8 Å². The molecule has 0 aliphatic rings. The number of benzene rings is 3. The second kappa shape index (κ2) is 8.51. The van der Waals surface area contributed by atoms with Crippen LogP contribution in [0.1, 0.15) is 11.1 Å². The lowest BCUT2D eigenvalue weighted by Gasteiger charge is -2.05. The van der Waals surface area contributed by atoms with Crippen LogP contribution in [0.5, 0.6) is 0 Å². The molecular formula is C23H16F3N3S. The van der Waals surface area contributed by atoms with Gasteiger partial charge in [-0.25, -0.2) is 4.98 Å². The fraction of sp³-hybridized carbons (Fsp3) is 0.0435. The van der Waals surface area contributed by atoms with Crippen LogP contribution in [0.4, 0.5) is 18.3 Å². The number of thiazole rings is 1. The minimum atomic E-state index is -4.35. The van der Waals surface area contributed by atoms with Crippen LogP contribution in [0.3, 0.4) is 0 Å². The third-order valence-electron chi connectivity index (χ3n) is 4.32. The number of aromatic nitrogens is 1. The molecule has 30 heavy (non-hydrogen) atoms. The number of hydrogen-bond donors (Lipinski definition) is 1. The number of alkyl halides is 3. The number of hydrogen-bond acceptors (Lipinski definition) is 4. The largest absolute Gasteiger partial charge is 0.416 e. The predicted octanol–water partition coefficient (Wildman–Crippen LogP) is 6.94. The lowest BCUT2D eigenvalue weighted by atomic mass is 10.1. The summed E-state index contributed by atoms with van der Waals surface area (Å²) in [4.78, 5) is 5.69. The van der Waals surface area contributed by atoms with Crippen LogP contribution in [0.15, 0.2) is 90.0 Å². The van der Waals surface area contributed by atoms with E-state index in [0.29, 0.717) is 10.7 Å². The molecule has 7 heteroatoms. The van der Waals surface area contributed by atoms with Gasteiger partial charge in [-0.05, 0) is 23.3 Å². The van der Waals surface area contributed by atoms with Gasteiger partial charge in [0.15, 0.2) is 0 Å². The predicted molar refractivity (Wildman–Crippen MR) is 116 cm³/mol. The molecule has 1 heterocycles. The van der Waals surface area contributed by atoms with E-state index in [9.17, 15) is 13.2 Å². The summed E-state index contributed by atoms with van der Waals surface area (Å²) in [7, 11) is 0. The Morgan fingerprint density at radius 2 is 1.40 bits per heavy atom. The summed E-state index contributed by atoms with van der Waals surface area (Å²) in [5, 5.41) is 4.73. The van der Waals surface area contributed by atoms with Crippen molar-refractivity contribution in [2.24, 2.45) is 5.10 Å². The molecule has 0 atom stereocenters. The fourth-order valence-corrected chi connectivity index (χ4v) is 3.81. The molecule has 0 unspecified atom stereocenters. The minimum Gasteiger partial charge on any atom is -0.253 e. The molecule has 0 spiro atoms.